The van der Waals surface area contributed by atoms with Gasteiger partial charge < -0.3 is 0 Å². The van der Waals surface area contributed by atoms with Crippen molar-refractivity contribution in [1.29, 1.82) is 0 Å². The van der Waals surface area contributed by atoms with Crippen LogP contribution in [0.5, 0.6) is 0 Å². The van der Waals surface area contributed by atoms with Gasteiger partial charge >= 0.3 is 0 Å². The molecule has 15 heavy (non-hydrogen) atoms. The second kappa shape index (κ2) is 13.5. The fourth-order valence-corrected chi connectivity index (χ4v) is 0. The summed E-state index contributed by atoms with van der Waals surface area (Å²) in [5, 5.41) is 1.14. The van der Waals surface area contributed by atoms with Crippen LogP contribution >= 0.6 is 17.2 Å². The summed E-state index contributed by atoms with van der Waals surface area (Å²) in [5.41, 5.74) is 0. The summed E-state index contributed by atoms with van der Waals surface area (Å²) in [6.45, 7) is 22.0. The molecular weight excluding hydrogens is 309 g/mol. The van der Waals surface area contributed by atoms with Crippen molar-refractivity contribution in [3.8, 4) is 0 Å². The summed E-state index contributed by atoms with van der Waals surface area (Å²) in [5.74, 6) is 0. The summed E-state index contributed by atoms with van der Waals surface area (Å²) in [4.78, 5) is 0. The molecule has 0 rings (SSSR count). The molecule has 0 spiro atoms. The van der Waals surface area contributed by atoms with E-state index >= 15 is 0 Å². The van der Waals surface area contributed by atoms with E-state index in [1.165, 1.54) is 0 Å². The third-order valence-corrected chi connectivity index (χ3v) is 4.50. The molecule has 0 aliphatic heterocycles. The van der Waals surface area contributed by atoms with Crippen molar-refractivity contribution < 1.29 is 19.5 Å². The maximum atomic E-state index is 2.26. The molecule has 0 aromatic rings. The van der Waals surface area contributed by atoms with E-state index in [1.807, 2.05) is 13.8 Å². The van der Waals surface area contributed by atoms with Crippen LogP contribution in [0.25, 0.3) is 0 Å². The van der Waals surface area contributed by atoms with Crippen LogP contribution in [-0.2, 0) is 19.5 Å². The molecule has 1 radical (unpaired) electrons. The summed E-state index contributed by atoms with van der Waals surface area (Å²) >= 11 is 0. The van der Waals surface area contributed by atoms with Crippen molar-refractivity contribution in [2.75, 3.05) is 13.3 Å². The Balaban J connectivity index is -0.0000000653. The topological polar surface area (TPSA) is 0 Å². The maximum Gasteiger partial charge on any atom is 0 e. The van der Waals surface area contributed by atoms with Crippen LogP contribution in [0.2, 0.25) is 0 Å². The minimum atomic E-state index is 0. The van der Waals surface area contributed by atoms with Crippen LogP contribution in [0.4, 0.5) is 0 Å². The van der Waals surface area contributed by atoms with Gasteiger partial charge in [-0.2, -0.15) is 0 Å². The molecule has 0 saturated carbocycles. The molecule has 0 N–H and O–H groups in total. The Hall–Kier alpha value is 1.48. The van der Waals surface area contributed by atoms with Gasteiger partial charge in [-0.1, -0.05) is 55.4 Å². The maximum absolute atomic E-state index is 2.26. The van der Waals surface area contributed by atoms with Crippen molar-refractivity contribution in [2.24, 2.45) is 0 Å². The number of hydrogen-bond donors (Lipinski definition) is 0. The van der Waals surface area contributed by atoms with E-state index in [0.717, 1.165) is 17.2 Å². The molecule has 0 aromatic heterocycles. The smallest absolute Gasteiger partial charge is 0 e. The van der Waals surface area contributed by atoms with E-state index < -0.39 is 0 Å². The molecule has 0 aliphatic carbocycles. The normalized spacial score (nSPS) is 11.6. The zero-order chi connectivity index (χ0) is 12.4. The Morgan fingerprint density at radius 1 is 0.600 bits per heavy atom. The second-order valence-corrected chi connectivity index (χ2v) is 9.00. The second-order valence-electron chi connectivity index (χ2n) is 5.00. The summed E-state index contributed by atoms with van der Waals surface area (Å²) < 4.78 is 0. The van der Waals surface area contributed by atoms with E-state index in [4.69, 9.17) is 0 Å². The van der Waals surface area contributed by atoms with Crippen molar-refractivity contribution >= 4 is 17.2 Å². The van der Waals surface area contributed by atoms with Crippen LogP contribution in [0, 0.1) is 0 Å². The van der Waals surface area contributed by atoms with E-state index in [0.29, 0.717) is 10.3 Å². The molecule has 0 bridgehead atoms. The predicted molar refractivity (Wildman–Crippen MR) is 79.3 cm³/mol. The predicted octanol–water partition coefficient (Wildman–Crippen LogP) is 5.21. The minimum absolute atomic E-state index is 0. The van der Waals surface area contributed by atoms with Gasteiger partial charge in [0.05, 0.1) is 0 Å². The molecule has 0 fully saturated rings. The van der Waals surface area contributed by atoms with Gasteiger partial charge in [0.1, 0.15) is 0 Å². The van der Waals surface area contributed by atoms with E-state index in [-0.39, 0.29) is 19.5 Å². The summed E-state index contributed by atoms with van der Waals surface area (Å²) in [6, 6.07) is 0. The van der Waals surface area contributed by atoms with E-state index in [2.05, 4.69) is 54.9 Å². The van der Waals surface area contributed by atoms with E-state index in [1.54, 1.807) is 0 Å². The molecule has 0 saturated heterocycles. The summed E-state index contributed by atoms with van der Waals surface area (Å²) in [7, 11) is 2.13. The first kappa shape index (κ1) is 25.4. The first-order valence-electron chi connectivity index (χ1n) is 5.50. The van der Waals surface area contributed by atoms with Crippen molar-refractivity contribution in [3.63, 3.8) is 0 Å². The molecule has 2 unspecified atom stereocenters. The van der Waals surface area contributed by atoms with Crippen LogP contribution < -0.4 is 0 Å². The quantitative estimate of drug-likeness (QED) is 0.419. The first-order chi connectivity index (χ1) is 6.12. The van der Waals surface area contributed by atoms with Gasteiger partial charge in [-0.25, -0.2) is 0 Å². The average molecular weight is 341 g/mol. The third-order valence-electron chi connectivity index (χ3n) is 1.50. The molecule has 0 aromatic carbocycles. The Morgan fingerprint density at radius 2 is 0.667 bits per heavy atom. The van der Waals surface area contributed by atoms with Crippen LogP contribution in [0.3, 0.4) is 0 Å². The molecule has 3 heteroatoms. The van der Waals surface area contributed by atoms with Gasteiger partial charge in [-0.3, -0.25) is 0 Å². The minimum Gasteiger partial charge on any atom is -0.120 e. The average Bonchev–Trinajstić information content (AvgIpc) is 2.07. The Morgan fingerprint density at radius 3 is 0.667 bits per heavy atom. The largest absolute Gasteiger partial charge is 0.120 e. The van der Waals surface area contributed by atoms with Gasteiger partial charge in [0, 0.05) is 19.5 Å². The zero-order valence-corrected chi connectivity index (χ0v) is 16.0. The zero-order valence-electron chi connectivity index (χ0n) is 12.3. The van der Waals surface area contributed by atoms with Gasteiger partial charge in [0.15, 0.2) is 0 Å². The fourth-order valence-electron chi connectivity index (χ4n) is 0. The third kappa shape index (κ3) is 50.3. The van der Waals surface area contributed by atoms with Gasteiger partial charge in [0.2, 0.25) is 0 Å². The SMILES string of the molecule is CC.CPC(C)(C)C.CPC(C)(C)C.[Rh]. The van der Waals surface area contributed by atoms with Gasteiger partial charge in [0.25, 0.3) is 0 Å². The molecule has 99 valence electrons. The number of rotatable bonds is 0. The van der Waals surface area contributed by atoms with Crippen molar-refractivity contribution in [3.05, 3.63) is 0 Å². The van der Waals surface area contributed by atoms with Crippen molar-refractivity contribution in [1.82, 2.24) is 0 Å². The fraction of sp³-hybridized carbons (Fsp3) is 1.00. The van der Waals surface area contributed by atoms with Crippen LogP contribution in [0.1, 0.15) is 55.4 Å². The molecular formula is C12H32P2Rh. The molecule has 0 nitrogen and oxygen atoms in total. The van der Waals surface area contributed by atoms with Crippen LogP contribution in [0.15, 0.2) is 0 Å². The van der Waals surface area contributed by atoms with Crippen molar-refractivity contribution in [2.45, 2.75) is 65.7 Å². The molecule has 0 aliphatic rings. The number of hydrogen-bond acceptors (Lipinski definition) is 0. The van der Waals surface area contributed by atoms with Gasteiger partial charge in [-0.05, 0) is 23.6 Å². The monoisotopic (exact) mass is 341 g/mol. The summed E-state index contributed by atoms with van der Waals surface area (Å²) in [6.07, 6.45) is 0. The molecule has 0 amide bonds. The van der Waals surface area contributed by atoms with Gasteiger partial charge in [-0.15, -0.1) is 17.2 Å². The molecule has 0 heterocycles. The standard InChI is InChI=1S/2C5H13P.C2H6.Rh/c2*1-5(2,3)6-4;1-2;/h2*6H,1-4H3;1-2H3;. The first-order valence-corrected chi connectivity index (χ1v) is 8.50. The Kier molecular flexibility index (Phi) is 22.9. The Bertz CT molecular complexity index is 87.2. The van der Waals surface area contributed by atoms with E-state index in [9.17, 15) is 0 Å². The van der Waals surface area contributed by atoms with Crippen LogP contribution in [-0.4, -0.2) is 23.6 Å². The molecule has 2 atom stereocenters. The Labute approximate surface area is 115 Å².